The molecular weight excluding hydrogens is 354 g/mol. The SMILES string of the molecule is O=C(NCc1ccc(-n2cncn2)cc1)c1cc(F)c(Cl)cc1Cl. The molecule has 0 saturated heterocycles. The standard InChI is InChI=1S/C16H11Cl2FN4O/c17-13-6-14(18)15(19)5-12(13)16(24)21-7-10-1-3-11(4-2-10)23-9-20-8-22-23/h1-6,8-9H,7H2,(H,21,24). The first-order valence-corrected chi connectivity index (χ1v) is 7.67. The van der Waals surface area contributed by atoms with E-state index in [4.69, 9.17) is 23.2 Å². The molecule has 3 aromatic rings. The van der Waals surface area contributed by atoms with Crippen LogP contribution in [0.1, 0.15) is 15.9 Å². The van der Waals surface area contributed by atoms with E-state index in [0.717, 1.165) is 17.3 Å². The highest BCUT2D eigenvalue weighted by atomic mass is 35.5. The first kappa shape index (κ1) is 16.4. The van der Waals surface area contributed by atoms with Gasteiger partial charge in [-0.2, -0.15) is 5.10 Å². The van der Waals surface area contributed by atoms with Crippen molar-refractivity contribution in [2.75, 3.05) is 0 Å². The van der Waals surface area contributed by atoms with Crippen molar-refractivity contribution in [2.24, 2.45) is 0 Å². The zero-order valence-corrected chi connectivity index (χ0v) is 13.7. The minimum atomic E-state index is -0.691. The third kappa shape index (κ3) is 3.55. The summed E-state index contributed by atoms with van der Waals surface area (Å²) in [6.45, 7) is 0.275. The molecule has 0 saturated carbocycles. The van der Waals surface area contributed by atoms with Gasteiger partial charge in [-0.1, -0.05) is 35.3 Å². The number of benzene rings is 2. The molecule has 1 N–H and O–H groups in total. The second-order valence-corrected chi connectivity index (χ2v) is 5.75. The molecule has 1 amide bonds. The van der Waals surface area contributed by atoms with Gasteiger partial charge in [0.2, 0.25) is 0 Å². The maximum Gasteiger partial charge on any atom is 0.253 e. The van der Waals surface area contributed by atoms with Gasteiger partial charge in [0.15, 0.2) is 0 Å². The topological polar surface area (TPSA) is 59.8 Å². The third-order valence-electron chi connectivity index (χ3n) is 3.33. The number of nitrogens with one attached hydrogen (secondary N) is 1. The fourth-order valence-corrected chi connectivity index (χ4v) is 2.55. The predicted molar refractivity (Wildman–Crippen MR) is 88.9 cm³/mol. The number of nitrogens with zero attached hydrogens (tertiary/aromatic N) is 3. The lowest BCUT2D eigenvalue weighted by Crippen LogP contribution is -2.23. The van der Waals surface area contributed by atoms with Gasteiger partial charge in [-0.05, 0) is 29.8 Å². The van der Waals surface area contributed by atoms with Crippen LogP contribution in [0.15, 0.2) is 49.1 Å². The molecule has 1 heterocycles. The van der Waals surface area contributed by atoms with Crippen molar-refractivity contribution in [1.29, 1.82) is 0 Å². The van der Waals surface area contributed by atoms with Gasteiger partial charge in [-0.25, -0.2) is 14.1 Å². The maximum atomic E-state index is 13.5. The predicted octanol–water partition coefficient (Wildman–Crippen LogP) is 3.64. The van der Waals surface area contributed by atoms with E-state index >= 15 is 0 Å². The van der Waals surface area contributed by atoms with E-state index in [0.29, 0.717) is 0 Å². The molecule has 0 atom stereocenters. The molecule has 1 aromatic heterocycles. The lowest BCUT2D eigenvalue weighted by molar-refractivity contribution is 0.0950. The molecule has 0 bridgehead atoms. The van der Waals surface area contributed by atoms with E-state index in [2.05, 4.69) is 15.4 Å². The van der Waals surface area contributed by atoms with Gasteiger partial charge in [0.25, 0.3) is 5.91 Å². The van der Waals surface area contributed by atoms with E-state index < -0.39 is 11.7 Å². The van der Waals surface area contributed by atoms with Crippen LogP contribution < -0.4 is 5.32 Å². The Balaban J connectivity index is 1.67. The Hall–Kier alpha value is -2.44. The van der Waals surface area contributed by atoms with E-state index in [1.807, 2.05) is 24.3 Å². The van der Waals surface area contributed by atoms with Crippen molar-refractivity contribution >= 4 is 29.1 Å². The molecule has 3 rings (SSSR count). The number of carbonyl (C=O) groups excluding carboxylic acids is 1. The van der Waals surface area contributed by atoms with Crippen molar-refractivity contribution in [2.45, 2.75) is 6.54 Å². The summed E-state index contributed by atoms with van der Waals surface area (Å²) < 4.78 is 15.1. The number of halogens is 3. The molecule has 2 aromatic carbocycles. The highest BCUT2D eigenvalue weighted by Crippen LogP contribution is 2.24. The van der Waals surface area contributed by atoms with Gasteiger partial charge in [0.1, 0.15) is 18.5 Å². The summed E-state index contributed by atoms with van der Waals surface area (Å²) in [5.41, 5.74) is 1.76. The van der Waals surface area contributed by atoms with Gasteiger partial charge in [-0.3, -0.25) is 4.79 Å². The van der Waals surface area contributed by atoms with Crippen LogP contribution in [-0.2, 0) is 6.54 Å². The number of carbonyl (C=O) groups is 1. The van der Waals surface area contributed by atoms with E-state index in [1.54, 1.807) is 11.0 Å². The lowest BCUT2D eigenvalue weighted by atomic mass is 10.1. The summed E-state index contributed by atoms with van der Waals surface area (Å²) in [7, 11) is 0. The Morgan fingerprint density at radius 1 is 1.17 bits per heavy atom. The molecule has 8 heteroatoms. The molecule has 0 radical (unpaired) electrons. The Labute approximate surface area is 147 Å². The van der Waals surface area contributed by atoms with E-state index in [9.17, 15) is 9.18 Å². The fraction of sp³-hybridized carbons (Fsp3) is 0.0625. The average molecular weight is 365 g/mol. The summed E-state index contributed by atoms with van der Waals surface area (Å²) in [5.74, 6) is -1.17. The summed E-state index contributed by atoms with van der Waals surface area (Å²) in [6, 6.07) is 9.63. The first-order chi connectivity index (χ1) is 11.5. The highest BCUT2D eigenvalue weighted by molar-refractivity contribution is 6.36. The number of rotatable bonds is 4. The molecule has 0 aliphatic carbocycles. The van der Waals surface area contributed by atoms with Crippen LogP contribution in [0.3, 0.4) is 0 Å². The van der Waals surface area contributed by atoms with Gasteiger partial charge in [0, 0.05) is 6.54 Å². The quantitative estimate of drug-likeness (QED) is 0.718. The number of hydrogen-bond donors (Lipinski definition) is 1. The Morgan fingerprint density at radius 3 is 2.58 bits per heavy atom. The van der Waals surface area contributed by atoms with Crippen molar-refractivity contribution in [3.05, 3.63) is 76.0 Å². The minimum absolute atomic E-state index is 0.0396. The molecule has 24 heavy (non-hydrogen) atoms. The van der Waals surface area contributed by atoms with Crippen molar-refractivity contribution in [3.8, 4) is 5.69 Å². The van der Waals surface area contributed by atoms with E-state index in [-0.39, 0.29) is 22.2 Å². The minimum Gasteiger partial charge on any atom is -0.348 e. The number of aromatic nitrogens is 3. The maximum absolute atomic E-state index is 13.5. The Morgan fingerprint density at radius 2 is 1.92 bits per heavy atom. The lowest BCUT2D eigenvalue weighted by Gasteiger charge is -2.08. The van der Waals surface area contributed by atoms with Crippen LogP contribution in [0.2, 0.25) is 10.0 Å². The smallest absolute Gasteiger partial charge is 0.253 e. The zero-order chi connectivity index (χ0) is 17.1. The van der Waals surface area contributed by atoms with Crippen molar-refractivity contribution in [1.82, 2.24) is 20.1 Å². The summed E-state index contributed by atoms with van der Waals surface area (Å²) in [4.78, 5) is 16.0. The number of hydrogen-bond acceptors (Lipinski definition) is 3. The summed E-state index contributed by atoms with van der Waals surface area (Å²) >= 11 is 11.5. The third-order valence-corrected chi connectivity index (χ3v) is 3.93. The largest absolute Gasteiger partial charge is 0.348 e. The zero-order valence-electron chi connectivity index (χ0n) is 12.2. The average Bonchev–Trinajstić information content (AvgIpc) is 3.11. The molecule has 0 spiro atoms. The van der Waals surface area contributed by atoms with Crippen LogP contribution >= 0.6 is 23.2 Å². The highest BCUT2D eigenvalue weighted by Gasteiger charge is 2.14. The van der Waals surface area contributed by atoms with Gasteiger partial charge >= 0.3 is 0 Å². The molecule has 0 aliphatic heterocycles. The van der Waals surface area contributed by atoms with Crippen molar-refractivity contribution in [3.63, 3.8) is 0 Å². The van der Waals surface area contributed by atoms with Crippen LogP contribution in [0.4, 0.5) is 4.39 Å². The molecule has 0 unspecified atom stereocenters. The second-order valence-electron chi connectivity index (χ2n) is 4.94. The Kier molecular flexibility index (Phi) is 4.78. The summed E-state index contributed by atoms with van der Waals surface area (Å²) in [6.07, 6.45) is 3.04. The second kappa shape index (κ2) is 6.98. The molecule has 0 aliphatic rings. The summed E-state index contributed by atoms with van der Waals surface area (Å²) in [5, 5.41) is 6.69. The van der Waals surface area contributed by atoms with Gasteiger partial charge in [0.05, 0.1) is 21.3 Å². The molecular formula is C16H11Cl2FN4O. The van der Waals surface area contributed by atoms with Crippen LogP contribution in [0.25, 0.3) is 5.69 Å². The normalized spacial score (nSPS) is 10.6. The first-order valence-electron chi connectivity index (χ1n) is 6.91. The van der Waals surface area contributed by atoms with Crippen LogP contribution in [-0.4, -0.2) is 20.7 Å². The molecule has 122 valence electrons. The van der Waals surface area contributed by atoms with Crippen LogP contribution in [0, 0.1) is 5.82 Å². The van der Waals surface area contributed by atoms with Gasteiger partial charge < -0.3 is 5.32 Å². The molecule has 5 nitrogen and oxygen atoms in total. The van der Waals surface area contributed by atoms with Crippen molar-refractivity contribution < 1.29 is 9.18 Å². The Bertz CT molecular complexity index is 867. The number of amides is 1. The van der Waals surface area contributed by atoms with Gasteiger partial charge in [-0.15, -0.1) is 0 Å². The molecule has 0 fully saturated rings. The van der Waals surface area contributed by atoms with Crippen LogP contribution in [0.5, 0.6) is 0 Å². The van der Waals surface area contributed by atoms with E-state index in [1.165, 1.54) is 12.4 Å². The monoisotopic (exact) mass is 364 g/mol. The fourth-order valence-electron chi connectivity index (χ4n) is 2.08.